The summed E-state index contributed by atoms with van der Waals surface area (Å²) in [5, 5.41) is 1.93. The first kappa shape index (κ1) is 30.8. The van der Waals surface area contributed by atoms with Crippen LogP contribution in [-0.2, 0) is 18.9 Å². The van der Waals surface area contributed by atoms with Crippen LogP contribution in [0.3, 0.4) is 0 Å². The number of methoxy groups -OCH3 is 1. The summed E-state index contributed by atoms with van der Waals surface area (Å²) in [6.45, 7) is 8.33. The van der Waals surface area contributed by atoms with Crippen molar-refractivity contribution < 1.29 is 28.1 Å². The van der Waals surface area contributed by atoms with Crippen molar-refractivity contribution in [3.05, 3.63) is 60.0 Å². The molecule has 0 radical (unpaired) electrons. The lowest BCUT2D eigenvalue weighted by molar-refractivity contribution is 0.0110. The van der Waals surface area contributed by atoms with Crippen LogP contribution in [0.5, 0.6) is 5.75 Å². The van der Waals surface area contributed by atoms with Crippen molar-refractivity contribution in [1.29, 1.82) is 0 Å². The molecule has 2 heterocycles. The normalized spacial score (nSPS) is 16.0. The van der Waals surface area contributed by atoms with Crippen molar-refractivity contribution in [2.24, 2.45) is 4.99 Å². The van der Waals surface area contributed by atoms with E-state index in [9.17, 15) is 0 Å². The molecule has 9 nitrogen and oxygen atoms in total. The molecule has 2 aromatic carbocycles. The van der Waals surface area contributed by atoms with Crippen molar-refractivity contribution in [1.82, 2.24) is 0 Å². The van der Waals surface area contributed by atoms with E-state index in [4.69, 9.17) is 28.1 Å². The monoisotopic (exact) mass is 589 g/mol. The first-order chi connectivity index (χ1) is 21.1. The molecule has 0 saturated heterocycles. The van der Waals surface area contributed by atoms with Gasteiger partial charge in [0.05, 0.1) is 57.3 Å². The van der Waals surface area contributed by atoms with Gasteiger partial charge in [-0.2, -0.15) is 0 Å². The topological polar surface area (TPSA) is 78.1 Å². The number of nitrogens with zero attached hydrogens (tertiary/aromatic N) is 3. The maximum absolute atomic E-state index is 6.50. The molecule has 2 aromatic rings. The summed E-state index contributed by atoms with van der Waals surface area (Å²) in [7, 11) is 5.79. The number of fused-ring (bicyclic) bond motifs is 3. The van der Waals surface area contributed by atoms with Crippen molar-refractivity contribution in [3.8, 4) is 28.2 Å². The Kier molecular flexibility index (Phi) is 10.9. The molecule has 2 aliphatic heterocycles. The summed E-state index contributed by atoms with van der Waals surface area (Å²) < 4.78 is 35.6. The van der Waals surface area contributed by atoms with E-state index in [0.717, 1.165) is 55.9 Å². The Morgan fingerprint density at radius 2 is 1.63 bits per heavy atom. The predicted octanol–water partition coefficient (Wildman–Crippen LogP) is 5.09. The first-order valence-corrected chi connectivity index (χ1v) is 15.0. The van der Waals surface area contributed by atoms with E-state index in [1.165, 1.54) is 0 Å². The fraction of sp³-hybridized carbons (Fsp3) is 0.441. The molecule has 0 N–H and O–H groups in total. The number of ether oxygens (including phenoxy) is 5. The van der Waals surface area contributed by atoms with Crippen LogP contribution in [0.4, 0.5) is 11.4 Å². The van der Waals surface area contributed by atoms with Crippen LogP contribution >= 0.6 is 0 Å². The lowest BCUT2D eigenvalue weighted by Crippen LogP contribution is -2.31. The van der Waals surface area contributed by atoms with E-state index in [1.807, 2.05) is 27.1 Å². The van der Waals surface area contributed by atoms with Crippen LogP contribution in [0.15, 0.2) is 64.0 Å². The summed E-state index contributed by atoms with van der Waals surface area (Å²) in [5.74, 6) is 1.58. The van der Waals surface area contributed by atoms with E-state index in [-0.39, 0.29) is 0 Å². The molecule has 3 aliphatic rings. The largest absolute Gasteiger partial charge is 0.489 e. The Labute approximate surface area is 253 Å². The van der Waals surface area contributed by atoms with Crippen molar-refractivity contribution in [3.63, 3.8) is 0 Å². The first-order valence-electron chi connectivity index (χ1n) is 15.0. The van der Waals surface area contributed by atoms with Crippen LogP contribution in [0, 0.1) is 0 Å². The van der Waals surface area contributed by atoms with Gasteiger partial charge in [-0.15, -0.1) is 0 Å². The highest BCUT2D eigenvalue weighted by molar-refractivity contribution is 6.03. The van der Waals surface area contributed by atoms with E-state index in [1.54, 1.807) is 7.11 Å². The highest BCUT2D eigenvalue weighted by atomic mass is 16.6. The number of benzene rings is 3. The maximum atomic E-state index is 6.50. The standard InChI is InChI=1S/C34H43N3O6/c1-5-35-26-7-9-28-31(23-26)43-32-24-27(36(2)3)8-10-29(32)34(28)25-6-11-30-33(22-25)42-21-20-41-19-18-40-17-16-39-15-13-37(30)12-14-38-4/h6-11,22-24H,5,12-21H2,1-4H3. The second-order valence-electron chi connectivity index (χ2n) is 10.6. The van der Waals surface area contributed by atoms with Crippen LogP contribution in [0.2, 0.25) is 0 Å². The Balaban J connectivity index is 1.64. The molecule has 1 aliphatic carbocycles. The third kappa shape index (κ3) is 7.67. The zero-order valence-electron chi connectivity index (χ0n) is 25.8. The van der Waals surface area contributed by atoms with Gasteiger partial charge < -0.3 is 37.9 Å². The fourth-order valence-corrected chi connectivity index (χ4v) is 5.27. The quantitative estimate of drug-likeness (QED) is 0.288. The van der Waals surface area contributed by atoms with Gasteiger partial charge in [0.25, 0.3) is 0 Å². The molecule has 0 spiro atoms. The summed E-state index contributed by atoms with van der Waals surface area (Å²) in [4.78, 5) is 8.94. The Bertz CT molecular complexity index is 1520. The second kappa shape index (κ2) is 15.2. The van der Waals surface area contributed by atoms with Crippen LogP contribution in [0.1, 0.15) is 6.92 Å². The van der Waals surface area contributed by atoms with Crippen molar-refractivity contribution in [2.75, 3.05) is 103 Å². The Morgan fingerprint density at radius 1 is 0.860 bits per heavy atom. The molecule has 43 heavy (non-hydrogen) atoms. The number of hydrogen-bond donors (Lipinski definition) is 0. The highest BCUT2D eigenvalue weighted by Crippen LogP contribution is 2.43. The minimum Gasteiger partial charge on any atom is -0.489 e. The van der Waals surface area contributed by atoms with Gasteiger partial charge in [-0.1, -0.05) is 6.07 Å². The number of anilines is 2. The zero-order chi connectivity index (χ0) is 30.0. The van der Waals surface area contributed by atoms with Gasteiger partial charge >= 0.3 is 0 Å². The lowest BCUT2D eigenvalue weighted by Gasteiger charge is -2.27. The van der Waals surface area contributed by atoms with Crippen molar-refractivity contribution >= 4 is 22.3 Å². The average molecular weight is 590 g/mol. The van der Waals surface area contributed by atoms with Crippen molar-refractivity contribution in [2.45, 2.75) is 6.92 Å². The maximum Gasteiger partial charge on any atom is 0.143 e. The third-order valence-electron chi connectivity index (χ3n) is 7.44. The molecule has 9 heteroatoms. The summed E-state index contributed by atoms with van der Waals surface area (Å²) in [6.07, 6.45) is 0. The predicted molar refractivity (Wildman–Crippen MR) is 171 cm³/mol. The van der Waals surface area contributed by atoms with Gasteiger partial charge in [0.2, 0.25) is 0 Å². The lowest BCUT2D eigenvalue weighted by atomic mass is 9.93. The van der Waals surface area contributed by atoms with E-state index < -0.39 is 0 Å². The van der Waals surface area contributed by atoms with Gasteiger partial charge in [0.15, 0.2) is 0 Å². The number of rotatable bonds is 6. The van der Waals surface area contributed by atoms with E-state index in [2.05, 4.69) is 63.3 Å². The van der Waals surface area contributed by atoms with Crippen LogP contribution in [-0.4, -0.2) is 93.7 Å². The van der Waals surface area contributed by atoms with Crippen LogP contribution in [0.25, 0.3) is 33.4 Å². The van der Waals surface area contributed by atoms with Gasteiger partial charge in [-0.05, 0) is 48.9 Å². The van der Waals surface area contributed by atoms with Gasteiger partial charge in [-0.3, -0.25) is 4.99 Å². The highest BCUT2D eigenvalue weighted by Gasteiger charge is 2.21. The molecule has 0 saturated carbocycles. The van der Waals surface area contributed by atoms with Gasteiger partial charge in [-0.25, -0.2) is 0 Å². The molecule has 0 atom stereocenters. The molecule has 0 bridgehead atoms. The summed E-state index contributed by atoms with van der Waals surface area (Å²) in [5.41, 5.74) is 6.02. The van der Waals surface area contributed by atoms with Crippen LogP contribution < -0.4 is 19.9 Å². The number of hydrogen-bond acceptors (Lipinski definition) is 9. The van der Waals surface area contributed by atoms with Gasteiger partial charge in [0, 0.05) is 75.2 Å². The van der Waals surface area contributed by atoms with Gasteiger partial charge in [0.1, 0.15) is 23.7 Å². The average Bonchev–Trinajstić information content (AvgIpc) is 3.02. The SMILES string of the molecule is CCN=c1ccc2c(-c3ccc4c(c3)OCCOCCOCCOCCN4CCOC)c3ccc(N(C)C)cc3oc-2c1. The second-order valence-corrected chi connectivity index (χ2v) is 10.6. The van der Waals surface area contributed by atoms with E-state index in [0.29, 0.717) is 72.5 Å². The molecule has 0 fully saturated rings. The molecular weight excluding hydrogens is 546 g/mol. The smallest absolute Gasteiger partial charge is 0.143 e. The Morgan fingerprint density at radius 3 is 2.37 bits per heavy atom. The van der Waals surface area contributed by atoms with E-state index >= 15 is 0 Å². The summed E-state index contributed by atoms with van der Waals surface area (Å²) >= 11 is 0. The third-order valence-corrected chi connectivity index (χ3v) is 7.44. The molecular formula is C34H43N3O6. The molecule has 0 amide bonds. The summed E-state index contributed by atoms with van der Waals surface area (Å²) in [6, 6.07) is 19.0. The zero-order valence-corrected chi connectivity index (χ0v) is 25.8. The molecule has 0 unspecified atom stereocenters. The Hall–Kier alpha value is -3.63. The molecule has 230 valence electrons. The minimum absolute atomic E-state index is 0.421. The molecule has 5 rings (SSSR count). The fourth-order valence-electron chi connectivity index (χ4n) is 5.27. The minimum atomic E-state index is 0.421. The molecule has 0 aromatic heterocycles.